The maximum atomic E-state index is 12.5. The molecule has 2 N–H and O–H groups in total. The van der Waals surface area contributed by atoms with Gasteiger partial charge in [-0.25, -0.2) is 0 Å². The second-order valence-electron chi connectivity index (χ2n) is 7.29. The molecule has 4 nitrogen and oxygen atoms in total. The number of ether oxygens (including phenoxy) is 1. The summed E-state index contributed by atoms with van der Waals surface area (Å²) in [5.41, 5.74) is 6.03. The number of amides is 1. The average molecular weight is 419 g/mol. The number of carbonyl (C=O) groups is 1. The van der Waals surface area contributed by atoms with Crippen molar-refractivity contribution in [1.29, 1.82) is 0 Å². The van der Waals surface area contributed by atoms with Gasteiger partial charge in [0.25, 0.3) is 5.91 Å². The van der Waals surface area contributed by atoms with E-state index in [4.69, 9.17) is 17.0 Å². The van der Waals surface area contributed by atoms with E-state index in [0.717, 1.165) is 29.0 Å². The Balaban J connectivity index is 1.52. The Bertz CT molecular complexity index is 1010. The van der Waals surface area contributed by atoms with E-state index in [0.29, 0.717) is 12.2 Å². The summed E-state index contributed by atoms with van der Waals surface area (Å²) in [5.74, 6) is 0.472. The molecular weight excluding hydrogens is 392 g/mol. The third kappa shape index (κ3) is 5.91. The number of thiocarbonyl (C=S) groups is 1. The monoisotopic (exact) mass is 418 g/mol. The van der Waals surface area contributed by atoms with Crippen LogP contribution in [0, 0.1) is 20.8 Å². The molecule has 0 radical (unpaired) electrons. The average Bonchev–Trinajstić information content (AvgIpc) is 2.72. The smallest absolute Gasteiger partial charge is 0.257 e. The Morgan fingerprint density at radius 3 is 2.20 bits per heavy atom. The first kappa shape index (κ1) is 21.5. The fraction of sp³-hybridized carbons (Fsp3) is 0.200. The van der Waals surface area contributed by atoms with Crippen LogP contribution >= 0.6 is 12.2 Å². The zero-order chi connectivity index (χ0) is 21.5. The molecule has 0 fully saturated rings. The standard InChI is InChI=1S/C25H26N2O2S/c1-17-15-18(2)23(19(3)16-17)26-25(30)27-24(28)21-9-11-22(12-10-21)29-14-13-20-7-5-4-6-8-20/h4-12,15-16H,13-14H2,1-3H3,(H2,26,27,28,30). The largest absolute Gasteiger partial charge is 0.493 e. The highest BCUT2D eigenvalue weighted by molar-refractivity contribution is 7.80. The number of hydrogen-bond acceptors (Lipinski definition) is 3. The van der Waals surface area contributed by atoms with Crippen molar-refractivity contribution in [2.24, 2.45) is 0 Å². The van der Waals surface area contributed by atoms with Crippen LogP contribution in [0.3, 0.4) is 0 Å². The van der Waals surface area contributed by atoms with Crippen LogP contribution in [-0.2, 0) is 6.42 Å². The van der Waals surface area contributed by atoms with Crippen LogP contribution in [0.15, 0.2) is 66.7 Å². The number of benzene rings is 3. The number of rotatable bonds is 6. The predicted molar refractivity (Wildman–Crippen MR) is 126 cm³/mol. The lowest BCUT2D eigenvalue weighted by atomic mass is 10.1. The molecular formula is C25H26N2O2S. The molecule has 1 amide bonds. The van der Waals surface area contributed by atoms with Crippen molar-refractivity contribution in [2.75, 3.05) is 11.9 Å². The van der Waals surface area contributed by atoms with Gasteiger partial charge in [0, 0.05) is 17.7 Å². The van der Waals surface area contributed by atoms with Crippen LogP contribution < -0.4 is 15.4 Å². The Kier molecular flexibility index (Phi) is 7.20. The van der Waals surface area contributed by atoms with Crippen LogP contribution in [0.4, 0.5) is 5.69 Å². The van der Waals surface area contributed by atoms with Gasteiger partial charge in [-0.1, -0.05) is 48.0 Å². The molecule has 0 aliphatic carbocycles. The second kappa shape index (κ2) is 10.0. The van der Waals surface area contributed by atoms with Gasteiger partial charge in [0.05, 0.1) is 6.61 Å². The lowest BCUT2D eigenvalue weighted by Gasteiger charge is -2.15. The Morgan fingerprint density at radius 2 is 1.57 bits per heavy atom. The SMILES string of the molecule is Cc1cc(C)c(NC(=S)NC(=O)c2ccc(OCCc3ccccc3)cc2)c(C)c1. The van der Waals surface area contributed by atoms with Gasteiger partial charge in [-0.05, 0) is 73.9 Å². The fourth-order valence-corrected chi connectivity index (χ4v) is 3.53. The summed E-state index contributed by atoms with van der Waals surface area (Å²) in [6, 6.07) is 21.4. The Labute approximate surface area is 183 Å². The zero-order valence-electron chi connectivity index (χ0n) is 17.5. The van der Waals surface area contributed by atoms with Gasteiger partial charge >= 0.3 is 0 Å². The van der Waals surface area contributed by atoms with E-state index >= 15 is 0 Å². The maximum absolute atomic E-state index is 12.5. The van der Waals surface area contributed by atoms with Gasteiger partial charge in [0.15, 0.2) is 5.11 Å². The van der Waals surface area contributed by atoms with Gasteiger partial charge in [-0.15, -0.1) is 0 Å². The highest BCUT2D eigenvalue weighted by Crippen LogP contribution is 2.22. The molecule has 0 bridgehead atoms. The zero-order valence-corrected chi connectivity index (χ0v) is 18.3. The van der Waals surface area contributed by atoms with E-state index in [2.05, 4.69) is 41.8 Å². The molecule has 0 aliphatic heterocycles. The summed E-state index contributed by atoms with van der Waals surface area (Å²) >= 11 is 5.33. The first-order chi connectivity index (χ1) is 14.4. The molecule has 3 aromatic carbocycles. The van der Waals surface area contributed by atoms with Crippen molar-refractivity contribution >= 4 is 28.9 Å². The molecule has 0 saturated carbocycles. The van der Waals surface area contributed by atoms with Gasteiger partial charge < -0.3 is 10.1 Å². The van der Waals surface area contributed by atoms with Crippen LogP contribution in [0.2, 0.25) is 0 Å². The molecule has 0 atom stereocenters. The molecule has 0 saturated heterocycles. The lowest BCUT2D eigenvalue weighted by molar-refractivity contribution is 0.0977. The number of anilines is 1. The number of nitrogens with one attached hydrogen (secondary N) is 2. The van der Waals surface area contributed by atoms with Crippen LogP contribution in [0.5, 0.6) is 5.75 Å². The third-order valence-electron chi connectivity index (χ3n) is 4.76. The molecule has 154 valence electrons. The van der Waals surface area contributed by atoms with E-state index in [1.54, 1.807) is 24.3 Å². The molecule has 3 rings (SSSR count). The normalized spacial score (nSPS) is 10.4. The number of hydrogen-bond donors (Lipinski definition) is 2. The first-order valence-corrected chi connectivity index (χ1v) is 10.3. The molecule has 0 aromatic heterocycles. The summed E-state index contributed by atoms with van der Waals surface area (Å²) in [7, 11) is 0. The van der Waals surface area contributed by atoms with Crippen molar-refractivity contribution in [3.8, 4) is 5.75 Å². The minimum Gasteiger partial charge on any atom is -0.493 e. The Morgan fingerprint density at radius 1 is 0.933 bits per heavy atom. The van der Waals surface area contributed by atoms with Crippen molar-refractivity contribution < 1.29 is 9.53 Å². The van der Waals surface area contributed by atoms with Crippen molar-refractivity contribution in [3.05, 3.63) is 94.5 Å². The topological polar surface area (TPSA) is 50.4 Å². The van der Waals surface area contributed by atoms with E-state index in [1.165, 1.54) is 11.1 Å². The molecule has 0 unspecified atom stereocenters. The molecule has 3 aromatic rings. The van der Waals surface area contributed by atoms with Crippen LogP contribution in [-0.4, -0.2) is 17.6 Å². The quantitative estimate of drug-likeness (QED) is 0.529. The summed E-state index contributed by atoms with van der Waals surface area (Å²) in [5, 5.41) is 6.15. The molecule has 30 heavy (non-hydrogen) atoms. The number of aryl methyl sites for hydroxylation is 3. The van der Waals surface area contributed by atoms with Gasteiger partial charge in [0.1, 0.15) is 5.75 Å². The summed E-state index contributed by atoms with van der Waals surface area (Å²) in [6.07, 6.45) is 0.834. The fourth-order valence-electron chi connectivity index (χ4n) is 3.33. The van der Waals surface area contributed by atoms with Crippen LogP contribution in [0.25, 0.3) is 0 Å². The second-order valence-corrected chi connectivity index (χ2v) is 7.70. The predicted octanol–water partition coefficient (Wildman–Crippen LogP) is 5.36. The van der Waals surface area contributed by atoms with E-state index in [1.807, 2.05) is 32.0 Å². The van der Waals surface area contributed by atoms with Gasteiger partial charge in [0.2, 0.25) is 0 Å². The summed E-state index contributed by atoms with van der Waals surface area (Å²) in [6.45, 7) is 6.67. The van der Waals surface area contributed by atoms with E-state index < -0.39 is 0 Å². The molecule has 0 aliphatic rings. The van der Waals surface area contributed by atoms with E-state index in [-0.39, 0.29) is 11.0 Å². The highest BCUT2D eigenvalue weighted by atomic mass is 32.1. The minimum absolute atomic E-state index is 0.259. The summed E-state index contributed by atoms with van der Waals surface area (Å²) in [4.78, 5) is 12.5. The Hall–Kier alpha value is -3.18. The maximum Gasteiger partial charge on any atom is 0.257 e. The van der Waals surface area contributed by atoms with E-state index in [9.17, 15) is 4.79 Å². The van der Waals surface area contributed by atoms with Gasteiger partial charge in [-0.3, -0.25) is 10.1 Å². The van der Waals surface area contributed by atoms with Crippen LogP contribution in [0.1, 0.15) is 32.6 Å². The lowest BCUT2D eigenvalue weighted by Crippen LogP contribution is -2.34. The molecule has 0 spiro atoms. The molecule has 5 heteroatoms. The highest BCUT2D eigenvalue weighted by Gasteiger charge is 2.11. The number of carbonyl (C=O) groups excluding carboxylic acids is 1. The molecule has 0 heterocycles. The summed E-state index contributed by atoms with van der Waals surface area (Å²) < 4.78 is 5.77. The van der Waals surface area contributed by atoms with Crippen molar-refractivity contribution in [3.63, 3.8) is 0 Å². The first-order valence-electron chi connectivity index (χ1n) is 9.89. The van der Waals surface area contributed by atoms with Crippen molar-refractivity contribution in [1.82, 2.24) is 5.32 Å². The minimum atomic E-state index is -0.259. The van der Waals surface area contributed by atoms with Crippen molar-refractivity contribution in [2.45, 2.75) is 27.2 Å². The van der Waals surface area contributed by atoms with Gasteiger partial charge in [-0.2, -0.15) is 0 Å². The third-order valence-corrected chi connectivity index (χ3v) is 4.97.